The Labute approximate surface area is 207 Å². The number of rotatable bonds is 6. The molecule has 4 aromatic rings. The highest BCUT2D eigenvalue weighted by molar-refractivity contribution is 6.15. The van der Waals surface area contributed by atoms with Crippen LogP contribution in [0.4, 0.5) is 17.6 Å². The Bertz CT molecular complexity index is 1600. The lowest BCUT2D eigenvalue weighted by Crippen LogP contribution is -2.22. The number of benzene rings is 2. The molecule has 0 radical (unpaired) electrons. The number of carbonyl (C=O) groups is 2. The SMILES string of the molecule is Cc1c(-c2c(C(N)=O)nc3cccc(F)c3c2C(N)=O)c(C(F)(F)F)nn1Cc1ccc(CC#N)cc1. The number of nitrogens with two attached hydrogens (primary N) is 2. The van der Waals surface area contributed by atoms with Crippen molar-refractivity contribution < 1.29 is 27.2 Å². The van der Waals surface area contributed by atoms with E-state index >= 15 is 0 Å². The van der Waals surface area contributed by atoms with Crippen molar-refractivity contribution in [1.29, 1.82) is 5.26 Å². The molecule has 0 aliphatic carbocycles. The van der Waals surface area contributed by atoms with E-state index in [-0.39, 0.29) is 24.2 Å². The molecule has 12 heteroatoms. The van der Waals surface area contributed by atoms with E-state index in [9.17, 15) is 27.2 Å². The molecule has 2 heterocycles. The first-order valence-electron chi connectivity index (χ1n) is 10.8. The summed E-state index contributed by atoms with van der Waals surface area (Å²) in [6.07, 6.45) is -4.86. The molecule has 0 spiro atoms. The second kappa shape index (κ2) is 9.34. The van der Waals surface area contributed by atoms with Gasteiger partial charge in [0.15, 0.2) is 5.69 Å². The van der Waals surface area contributed by atoms with Crippen molar-refractivity contribution in [2.24, 2.45) is 11.5 Å². The maximum Gasteiger partial charge on any atom is 0.435 e. The molecule has 2 aromatic carbocycles. The molecule has 0 fully saturated rings. The third-order valence-corrected chi connectivity index (χ3v) is 5.80. The van der Waals surface area contributed by atoms with Crippen LogP contribution in [-0.4, -0.2) is 26.6 Å². The van der Waals surface area contributed by atoms with Gasteiger partial charge in [0.2, 0.25) is 5.91 Å². The number of hydrogen-bond acceptors (Lipinski definition) is 5. The topological polar surface area (TPSA) is 141 Å². The summed E-state index contributed by atoms with van der Waals surface area (Å²) in [5, 5.41) is 12.1. The highest BCUT2D eigenvalue weighted by Crippen LogP contribution is 2.42. The van der Waals surface area contributed by atoms with Gasteiger partial charge in [0, 0.05) is 22.2 Å². The second-order valence-corrected chi connectivity index (χ2v) is 8.19. The van der Waals surface area contributed by atoms with E-state index in [0.717, 1.165) is 16.3 Å². The first-order valence-corrected chi connectivity index (χ1v) is 10.8. The van der Waals surface area contributed by atoms with Crippen LogP contribution >= 0.6 is 0 Å². The Morgan fingerprint density at radius 3 is 2.24 bits per heavy atom. The largest absolute Gasteiger partial charge is 0.435 e. The summed E-state index contributed by atoms with van der Waals surface area (Å²) in [5.74, 6) is -3.48. The molecule has 2 amide bonds. The molecule has 0 unspecified atom stereocenters. The van der Waals surface area contributed by atoms with Gasteiger partial charge in [0.25, 0.3) is 5.91 Å². The van der Waals surface area contributed by atoms with E-state index in [1.807, 2.05) is 6.07 Å². The zero-order chi connectivity index (χ0) is 27.1. The van der Waals surface area contributed by atoms with Crippen LogP contribution < -0.4 is 11.5 Å². The maximum atomic E-state index is 14.8. The third kappa shape index (κ3) is 4.58. The minimum absolute atomic E-state index is 0.0871. The molecule has 37 heavy (non-hydrogen) atoms. The van der Waals surface area contributed by atoms with Gasteiger partial charge < -0.3 is 11.5 Å². The summed E-state index contributed by atoms with van der Waals surface area (Å²) in [4.78, 5) is 28.9. The van der Waals surface area contributed by atoms with E-state index in [4.69, 9.17) is 16.7 Å². The Hall–Kier alpha value is -4.79. The number of nitriles is 1. The smallest absolute Gasteiger partial charge is 0.366 e. The van der Waals surface area contributed by atoms with Crippen molar-refractivity contribution in [3.8, 4) is 17.2 Å². The van der Waals surface area contributed by atoms with Gasteiger partial charge in [0.1, 0.15) is 11.5 Å². The zero-order valence-corrected chi connectivity index (χ0v) is 19.2. The molecule has 0 saturated heterocycles. The van der Waals surface area contributed by atoms with Crippen LogP contribution in [0.1, 0.15) is 43.4 Å². The lowest BCUT2D eigenvalue weighted by Gasteiger charge is -2.16. The van der Waals surface area contributed by atoms with Crippen molar-refractivity contribution in [3.05, 3.63) is 82.1 Å². The first kappa shape index (κ1) is 25.3. The molecular weight excluding hydrogens is 492 g/mol. The molecule has 0 saturated carbocycles. The normalized spacial score (nSPS) is 11.5. The summed E-state index contributed by atoms with van der Waals surface area (Å²) in [6, 6.07) is 12.1. The summed E-state index contributed by atoms with van der Waals surface area (Å²) in [6.45, 7) is 1.19. The van der Waals surface area contributed by atoms with Crippen LogP contribution in [0, 0.1) is 24.1 Å². The molecule has 2 aromatic heterocycles. The number of carbonyl (C=O) groups excluding carboxylic acids is 2. The van der Waals surface area contributed by atoms with Crippen LogP contribution in [0.25, 0.3) is 22.0 Å². The number of amides is 2. The van der Waals surface area contributed by atoms with Crippen LogP contribution in [0.15, 0.2) is 42.5 Å². The highest BCUT2D eigenvalue weighted by Gasteiger charge is 2.41. The maximum absolute atomic E-state index is 14.8. The van der Waals surface area contributed by atoms with Crippen LogP contribution in [0.3, 0.4) is 0 Å². The van der Waals surface area contributed by atoms with Crippen molar-refractivity contribution in [2.45, 2.75) is 26.1 Å². The molecule has 8 nitrogen and oxygen atoms in total. The average Bonchev–Trinajstić information content (AvgIpc) is 3.15. The number of alkyl halides is 3. The standard InChI is InChI=1S/C25H18F4N6O2/c1-12-17(19-20(23(31)36)18-15(26)3-2-4-16(18)33-21(19)24(32)37)22(25(27,28)29)34-35(12)11-14-7-5-13(6-8-14)9-10-30/h2-8H,9,11H2,1H3,(H2,31,36)(H2,32,37). The van der Waals surface area contributed by atoms with Crippen molar-refractivity contribution in [1.82, 2.24) is 14.8 Å². The van der Waals surface area contributed by atoms with Crippen molar-refractivity contribution in [2.75, 3.05) is 0 Å². The van der Waals surface area contributed by atoms with Gasteiger partial charge in [-0.15, -0.1) is 0 Å². The van der Waals surface area contributed by atoms with E-state index < -0.39 is 57.3 Å². The van der Waals surface area contributed by atoms with Crippen LogP contribution in [-0.2, 0) is 19.1 Å². The molecule has 188 valence electrons. The number of hydrogen-bond donors (Lipinski definition) is 2. The number of halogens is 4. The van der Waals surface area contributed by atoms with Crippen LogP contribution in [0.5, 0.6) is 0 Å². The molecule has 4 rings (SSSR count). The Balaban J connectivity index is 2.04. The predicted octanol–water partition coefficient (Wildman–Crippen LogP) is 3.88. The fraction of sp³-hybridized carbons (Fsp3) is 0.160. The van der Waals surface area contributed by atoms with Gasteiger partial charge in [-0.1, -0.05) is 30.3 Å². The average molecular weight is 510 g/mol. The number of fused-ring (bicyclic) bond motifs is 1. The number of aromatic nitrogens is 3. The van der Waals surface area contributed by atoms with Gasteiger partial charge >= 0.3 is 6.18 Å². The summed E-state index contributed by atoms with van der Waals surface area (Å²) in [7, 11) is 0. The molecule has 4 N–H and O–H groups in total. The third-order valence-electron chi connectivity index (χ3n) is 5.80. The summed E-state index contributed by atoms with van der Waals surface area (Å²) in [5.41, 5.74) is 7.93. The molecular formula is C25H18F4N6O2. The van der Waals surface area contributed by atoms with E-state index in [1.165, 1.54) is 19.1 Å². The van der Waals surface area contributed by atoms with Gasteiger partial charge in [-0.05, 0) is 30.2 Å². The predicted molar refractivity (Wildman–Crippen MR) is 125 cm³/mol. The minimum atomic E-state index is -5.03. The number of primary amides is 2. The lowest BCUT2D eigenvalue weighted by atomic mass is 9.91. The second-order valence-electron chi connectivity index (χ2n) is 8.19. The highest BCUT2D eigenvalue weighted by atomic mass is 19.4. The van der Waals surface area contributed by atoms with E-state index in [2.05, 4.69) is 10.1 Å². The molecule has 0 bridgehead atoms. The van der Waals surface area contributed by atoms with Crippen molar-refractivity contribution in [3.63, 3.8) is 0 Å². The van der Waals surface area contributed by atoms with Crippen LogP contribution in [0.2, 0.25) is 0 Å². The zero-order valence-electron chi connectivity index (χ0n) is 19.2. The van der Waals surface area contributed by atoms with Gasteiger partial charge in [-0.3, -0.25) is 14.3 Å². The number of pyridine rings is 1. The van der Waals surface area contributed by atoms with E-state index in [1.54, 1.807) is 24.3 Å². The van der Waals surface area contributed by atoms with Crippen molar-refractivity contribution >= 4 is 22.7 Å². The number of nitrogens with zero attached hydrogens (tertiary/aromatic N) is 4. The summed E-state index contributed by atoms with van der Waals surface area (Å²) >= 11 is 0. The summed E-state index contributed by atoms with van der Waals surface area (Å²) < 4.78 is 58.6. The Kier molecular flexibility index (Phi) is 6.39. The van der Waals surface area contributed by atoms with Gasteiger partial charge in [-0.2, -0.15) is 23.5 Å². The molecule has 0 aliphatic heterocycles. The minimum Gasteiger partial charge on any atom is -0.366 e. The van der Waals surface area contributed by atoms with Gasteiger partial charge in [0.05, 0.1) is 30.1 Å². The molecule has 0 aliphatic rings. The fourth-order valence-corrected chi connectivity index (χ4v) is 4.17. The monoisotopic (exact) mass is 510 g/mol. The van der Waals surface area contributed by atoms with E-state index in [0.29, 0.717) is 5.56 Å². The Morgan fingerprint density at radius 1 is 1.03 bits per heavy atom. The Morgan fingerprint density at radius 2 is 1.68 bits per heavy atom. The quantitative estimate of drug-likeness (QED) is 0.379. The fourth-order valence-electron chi connectivity index (χ4n) is 4.17. The molecule has 0 atom stereocenters. The first-order chi connectivity index (χ1) is 17.4. The lowest BCUT2D eigenvalue weighted by molar-refractivity contribution is -0.141. The van der Waals surface area contributed by atoms with Gasteiger partial charge in [-0.25, -0.2) is 9.37 Å².